The van der Waals surface area contributed by atoms with Gasteiger partial charge in [-0.2, -0.15) is 0 Å². The van der Waals surface area contributed by atoms with Gasteiger partial charge in [-0.3, -0.25) is 0 Å². The molecule has 0 radical (unpaired) electrons. The fourth-order valence-electron chi connectivity index (χ4n) is 2.21. The quantitative estimate of drug-likeness (QED) is 0.506. The highest BCUT2D eigenvalue weighted by Gasteiger charge is 2.11. The Balaban J connectivity index is 1.82. The van der Waals surface area contributed by atoms with E-state index in [1.807, 2.05) is 48.5 Å². The topological polar surface area (TPSA) is 87.7 Å². The molecule has 0 amide bonds. The van der Waals surface area contributed by atoms with Crippen LogP contribution in [0, 0.1) is 0 Å². The number of nitrogens with zero attached hydrogens (tertiary/aromatic N) is 1. The Morgan fingerprint density at radius 1 is 1.17 bits per heavy atom. The van der Waals surface area contributed by atoms with E-state index in [2.05, 4.69) is 10.3 Å². The smallest absolute Gasteiger partial charge is 0.345 e. The number of hydrogen-bond acceptors (Lipinski definition) is 3. The summed E-state index contributed by atoms with van der Waals surface area (Å²) >= 11 is 1.24. The second kappa shape index (κ2) is 6.50. The third-order valence-electron chi connectivity index (χ3n) is 3.31. The maximum atomic E-state index is 11.1. The van der Waals surface area contributed by atoms with Gasteiger partial charge in [0.15, 0.2) is 5.96 Å². The second-order valence-electron chi connectivity index (χ2n) is 4.95. The number of fused-ring (bicyclic) bond motifs is 1. The van der Waals surface area contributed by atoms with Crippen molar-refractivity contribution in [3.63, 3.8) is 0 Å². The molecule has 5 nitrogen and oxygen atoms in total. The van der Waals surface area contributed by atoms with E-state index in [0.717, 1.165) is 21.3 Å². The minimum absolute atomic E-state index is 0.296. The lowest BCUT2D eigenvalue weighted by Gasteiger charge is -2.07. The van der Waals surface area contributed by atoms with E-state index in [1.54, 1.807) is 6.07 Å². The van der Waals surface area contributed by atoms with E-state index in [9.17, 15) is 4.79 Å². The van der Waals surface area contributed by atoms with Crippen LogP contribution in [0.1, 0.15) is 15.2 Å². The number of nitrogens with two attached hydrogens (primary N) is 1. The molecule has 0 bridgehead atoms. The lowest BCUT2D eigenvalue weighted by molar-refractivity contribution is 0.0702. The lowest BCUT2D eigenvalue weighted by atomic mass is 10.2. The highest BCUT2D eigenvalue weighted by atomic mass is 32.1. The summed E-state index contributed by atoms with van der Waals surface area (Å²) in [6.45, 7) is 0.486. The standard InChI is InChI=1S/C17H15N3O2S/c18-17(19-10-11-5-2-1-3-6-11)20-13-7-4-8-14-12(13)9-15(23-14)16(21)22/h1-9H,10H2,(H,21,22)(H3,18,19,20). The highest BCUT2D eigenvalue weighted by Crippen LogP contribution is 2.31. The van der Waals surface area contributed by atoms with Crippen LogP contribution in [0.25, 0.3) is 10.1 Å². The third-order valence-corrected chi connectivity index (χ3v) is 4.40. The van der Waals surface area contributed by atoms with E-state index in [4.69, 9.17) is 10.8 Å². The Morgan fingerprint density at radius 2 is 1.96 bits per heavy atom. The number of carbonyl (C=O) groups is 1. The number of carboxylic acids is 1. The summed E-state index contributed by atoms with van der Waals surface area (Å²) in [6, 6.07) is 17.1. The molecule has 1 aromatic heterocycles. The minimum Gasteiger partial charge on any atom is -0.477 e. The Labute approximate surface area is 137 Å². The van der Waals surface area contributed by atoms with Crippen LogP contribution < -0.4 is 11.1 Å². The van der Waals surface area contributed by atoms with Gasteiger partial charge in [-0.1, -0.05) is 36.4 Å². The maximum Gasteiger partial charge on any atom is 0.345 e. The molecule has 0 aliphatic carbocycles. The first-order valence-electron chi connectivity index (χ1n) is 7.00. The molecule has 0 saturated heterocycles. The van der Waals surface area contributed by atoms with Gasteiger partial charge in [0.05, 0.1) is 6.54 Å². The molecule has 4 N–H and O–H groups in total. The number of rotatable bonds is 4. The molecule has 23 heavy (non-hydrogen) atoms. The molecule has 2 aromatic carbocycles. The molecule has 6 heteroatoms. The number of carboxylic acid groups (broad SMARTS) is 1. The van der Waals surface area contributed by atoms with Gasteiger partial charge in [0, 0.05) is 15.8 Å². The molecule has 3 rings (SSSR count). The summed E-state index contributed by atoms with van der Waals surface area (Å²) in [4.78, 5) is 15.7. The first kappa shape index (κ1) is 15.1. The Kier molecular flexibility index (Phi) is 4.25. The van der Waals surface area contributed by atoms with Crippen molar-refractivity contribution in [2.24, 2.45) is 10.7 Å². The van der Waals surface area contributed by atoms with Crippen LogP contribution in [0.3, 0.4) is 0 Å². The van der Waals surface area contributed by atoms with E-state index in [1.165, 1.54) is 11.3 Å². The predicted molar refractivity (Wildman–Crippen MR) is 94.2 cm³/mol. The average molecular weight is 325 g/mol. The number of aliphatic imine (C=N–C) groups is 1. The summed E-state index contributed by atoms with van der Waals surface area (Å²) in [5, 5.41) is 13.0. The van der Waals surface area contributed by atoms with Crippen molar-refractivity contribution in [3.05, 3.63) is 65.0 Å². The molecule has 0 atom stereocenters. The first-order chi connectivity index (χ1) is 11.1. The zero-order valence-corrected chi connectivity index (χ0v) is 13.0. The van der Waals surface area contributed by atoms with Crippen LogP contribution in [0.15, 0.2) is 59.6 Å². The van der Waals surface area contributed by atoms with Crippen molar-refractivity contribution in [3.8, 4) is 0 Å². The van der Waals surface area contributed by atoms with Crippen LogP contribution in [0.2, 0.25) is 0 Å². The van der Waals surface area contributed by atoms with Crippen molar-refractivity contribution in [2.45, 2.75) is 6.54 Å². The summed E-state index contributed by atoms with van der Waals surface area (Å²) in [5.74, 6) is -0.632. The van der Waals surface area contributed by atoms with Crippen LogP contribution in [0.4, 0.5) is 5.69 Å². The van der Waals surface area contributed by atoms with Crippen LogP contribution in [0.5, 0.6) is 0 Å². The fraction of sp³-hybridized carbons (Fsp3) is 0.0588. The number of thiophene rings is 1. The van der Waals surface area contributed by atoms with Gasteiger partial charge < -0.3 is 16.2 Å². The minimum atomic E-state index is -0.928. The van der Waals surface area contributed by atoms with Gasteiger partial charge in [0.25, 0.3) is 0 Å². The second-order valence-corrected chi connectivity index (χ2v) is 6.03. The molecule has 0 fully saturated rings. The van der Waals surface area contributed by atoms with E-state index in [0.29, 0.717) is 17.4 Å². The average Bonchev–Trinajstić information content (AvgIpc) is 3.00. The SMILES string of the molecule is NC(=NCc1ccccc1)Nc1cccc2sc(C(=O)O)cc12. The van der Waals surface area contributed by atoms with Crippen molar-refractivity contribution in [1.82, 2.24) is 0 Å². The monoisotopic (exact) mass is 325 g/mol. The molecule has 3 aromatic rings. The summed E-state index contributed by atoms with van der Waals surface area (Å²) in [6.07, 6.45) is 0. The Bertz CT molecular complexity index is 872. The van der Waals surface area contributed by atoms with Gasteiger partial charge >= 0.3 is 5.97 Å². The number of anilines is 1. The molecule has 0 aliphatic rings. The van der Waals surface area contributed by atoms with Crippen molar-refractivity contribution in [2.75, 3.05) is 5.32 Å². The molecule has 0 spiro atoms. The summed E-state index contributed by atoms with van der Waals surface area (Å²) in [7, 11) is 0. The molecule has 0 unspecified atom stereocenters. The van der Waals surface area contributed by atoms with Gasteiger partial charge in [-0.15, -0.1) is 11.3 Å². The zero-order valence-electron chi connectivity index (χ0n) is 12.2. The predicted octanol–water partition coefficient (Wildman–Crippen LogP) is 3.53. The number of guanidine groups is 1. The molecular weight excluding hydrogens is 310 g/mol. The molecule has 0 aliphatic heterocycles. The lowest BCUT2D eigenvalue weighted by Crippen LogP contribution is -2.22. The van der Waals surface area contributed by atoms with Gasteiger partial charge in [0.2, 0.25) is 0 Å². The number of aromatic carboxylic acids is 1. The molecule has 116 valence electrons. The normalized spacial score (nSPS) is 11.6. The third kappa shape index (κ3) is 3.49. The summed E-state index contributed by atoms with van der Waals surface area (Å²) in [5.41, 5.74) is 7.76. The maximum absolute atomic E-state index is 11.1. The van der Waals surface area contributed by atoms with E-state index >= 15 is 0 Å². The van der Waals surface area contributed by atoms with Crippen molar-refractivity contribution in [1.29, 1.82) is 0 Å². The number of benzene rings is 2. The van der Waals surface area contributed by atoms with E-state index in [-0.39, 0.29) is 0 Å². The number of nitrogens with one attached hydrogen (secondary N) is 1. The van der Waals surface area contributed by atoms with Crippen LogP contribution in [-0.2, 0) is 6.54 Å². The molecular formula is C17H15N3O2S. The zero-order chi connectivity index (χ0) is 16.2. The van der Waals surface area contributed by atoms with Gasteiger partial charge in [0.1, 0.15) is 4.88 Å². The van der Waals surface area contributed by atoms with Crippen molar-refractivity contribution >= 4 is 39.0 Å². The van der Waals surface area contributed by atoms with Gasteiger partial charge in [-0.25, -0.2) is 9.79 Å². The Hall–Kier alpha value is -2.86. The van der Waals surface area contributed by atoms with Gasteiger partial charge in [-0.05, 0) is 23.8 Å². The molecule has 1 heterocycles. The van der Waals surface area contributed by atoms with E-state index < -0.39 is 5.97 Å². The fourth-order valence-corrected chi connectivity index (χ4v) is 3.14. The largest absolute Gasteiger partial charge is 0.477 e. The number of hydrogen-bond donors (Lipinski definition) is 3. The molecule has 0 saturated carbocycles. The van der Waals surface area contributed by atoms with Crippen LogP contribution >= 0.6 is 11.3 Å². The Morgan fingerprint density at radius 3 is 2.70 bits per heavy atom. The highest BCUT2D eigenvalue weighted by molar-refractivity contribution is 7.20. The van der Waals surface area contributed by atoms with Crippen molar-refractivity contribution < 1.29 is 9.90 Å². The van der Waals surface area contributed by atoms with Crippen LogP contribution in [-0.4, -0.2) is 17.0 Å². The summed E-state index contributed by atoms with van der Waals surface area (Å²) < 4.78 is 0.892. The first-order valence-corrected chi connectivity index (χ1v) is 7.82.